The number of ether oxygens (including phenoxy) is 1. The van der Waals surface area contributed by atoms with Crippen LogP contribution in [0.15, 0.2) is 24.3 Å². The third kappa shape index (κ3) is 3.40. The maximum Gasteiger partial charge on any atom is 0.416 e. The van der Waals surface area contributed by atoms with E-state index in [1.807, 2.05) is 0 Å². The molecule has 120 valence electrons. The Balaban J connectivity index is 2.21. The van der Waals surface area contributed by atoms with E-state index in [1.165, 1.54) is 0 Å². The minimum atomic E-state index is -4.47. The molecule has 2 rings (SSSR count). The van der Waals surface area contributed by atoms with E-state index in [0.717, 1.165) is 29.2 Å². The largest absolute Gasteiger partial charge is 0.416 e. The molecule has 1 aliphatic heterocycles. The van der Waals surface area contributed by atoms with Crippen LogP contribution in [-0.2, 0) is 20.5 Å². The predicted molar refractivity (Wildman–Crippen MR) is 70.4 cm³/mol. The lowest BCUT2D eigenvalue weighted by molar-refractivity contribution is -0.148. The van der Waals surface area contributed by atoms with Gasteiger partial charge in [0.05, 0.1) is 12.2 Å². The van der Waals surface area contributed by atoms with Crippen molar-refractivity contribution in [1.82, 2.24) is 0 Å². The van der Waals surface area contributed by atoms with Crippen molar-refractivity contribution < 1.29 is 32.6 Å². The zero-order chi connectivity index (χ0) is 16.5. The summed E-state index contributed by atoms with van der Waals surface area (Å²) >= 11 is 5.13. The van der Waals surface area contributed by atoms with Crippen LogP contribution in [0.2, 0.25) is 0 Å². The average molecular weight is 338 g/mol. The quantitative estimate of drug-likeness (QED) is 0.850. The summed E-state index contributed by atoms with van der Waals surface area (Å²) in [7, 11) is 0. The van der Waals surface area contributed by atoms with Crippen LogP contribution in [0.25, 0.3) is 0 Å². The van der Waals surface area contributed by atoms with Crippen LogP contribution < -0.4 is 4.90 Å². The number of carbonyl (C=O) groups is 2. The van der Waals surface area contributed by atoms with Crippen LogP contribution in [0.1, 0.15) is 5.56 Å². The highest BCUT2D eigenvalue weighted by molar-refractivity contribution is 6.64. The molecule has 0 bridgehead atoms. The van der Waals surface area contributed by atoms with Crippen molar-refractivity contribution in [3.05, 3.63) is 29.8 Å². The molecule has 0 spiro atoms. The number of rotatable bonds is 3. The first-order chi connectivity index (χ1) is 10.2. The van der Waals surface area contributed by atoms with Gasteiger partial charge in [0.2, 0.25) is 0 Å². The molecule has 1 aliphatic rings. The van der Waals surface area contributed by atoms with Gasteiger partial charge in [-0.05, 0) is 35.9 Å². The average Bonchev–Trinajstić information content (AvgIpc) is 2.46. The molecule has 1 N–H and O–H groups in total. The summed E-state index contributed by atoms with van der Waals surface area (Å²) in [5.74, 6) is -0.743. The second-order valence-corrected chi connectivity index (χ2v) is 4.95. The number of morpholine rings is 1. The van der Waals surface area contributed by atoms with Crippen LogP contribution in [-0.4, -0.2) is 41.6 Å². The van der Waals surface area contributed by atoms with Gasteiger partial charge < -0.3 is 14.7 Å². The van der Waals surface area contributed by atoms with Gasteiger partial charge >= 0.3 is 6.18 Å². The van der Waals surface area contributed by atoms with Crippen molar-refractivity contribution in [1.29, 1.82) is 0 Å². The third-order valence-electron chi connectivity index (χ3n) is 3.15. The number of benzene rings is 1. The lowest BCUT2D eigenvalue weighted by Gasteiger charge is -2.33. The molecule has 1 saturated heterocycles. The van der Waals surface area contributed by atoms with E-state index < -0.39 is 35.1 Å². The van der Waals surface area contributed by atoms with Crippen molar-refractivity contribution in [2.75, 3.05) is 18.1 Å². The topological polar surface area (TPSA) is 66.8 Å². The maximum absolute atomic E-state index is 12.5. The Hall–Kier alpha value is -1.64. The molecule has 2 atom stereocenters. The summed E-state index contributed by atoms with van der Waals surface area (Å²) in [5.41, 5.74) is -0.634. The van der Waals surface area contributed by atoms with E-state index in [1.54, 1.807) is 0 Å². The summed E-state index contributed by atoms with van der Waals surface area (Å²) in [4.78, 5) is 24.2. The fourth-order valence-electron chi connectivity index (χ4n) is 2.04. The molecule has 1 heterocycles. The monoisotopic (exact) mass is 337 g/mol. The molecular weight excluding hydrogens is 327 g/mol. The van der Waals surface area contributed by atoms with Crippen molar-refractivity contribution in [2.24, 2.45) is 0 Å². The molecule has 1 aromatic rings. The smallest absolute Gasteiger partial charge is 0.381 e. The van der Waals surface area contributed by atoms with Gasteiger partial charge in [0.1, 0.15) is 0 Å². The second kappa shape index (κ2) is 6.23. The number of alkyl halides is 3. The van der Waals surface area contributed by atoms with Gasteiger partial charge in [0, 0.05) is 12.2 Å². The summed E-state index contributed by atoms with van der Waals surface area (Å²) in [5, 5.41) is 8.39. The molecule has 0 radical (unpaired) electrons. The third-order valence-corrected chi connectivity index (χ3v) is 3.37. The van der Waals surface area contributed by atoms with Gasteiger partial charge in [0.25, 0.3) is 11.1 Å². The Labute approximate surface area is 128 Å². The van der Waals surface area contributed by atoms with E-state index in [0.29, 0.717) is 0 Å². The maximum atomic E-state index is 12.5. The van der Waals surface area contributed by atoms with Gasteiger partial charge in [-0.1, -0.05) is 0 Å². The van der Waals surface area contributed by atoms with Crippen molar-refractivity contribution in [2.45, 2.75) is 18.4 Å². The molecule has 0 unspecified atom stereocenters. The Morgan fingerprint density at radius 1 is 1.36 bits per heavy atom. The van der Waals surface area contributed by atoms with Crippen molar-refractivity contribution in [3.8, 4) is 0 Å². The number of hydrogen-bond acceptors (Lipinski definition) is 4. The fourth-order valence-corrected chi connectivity index (χ4v) is 2.15. The van der Waals surface area contributed by atoms with Crippen LogP contribution in [0, 0.1) is 0 Å². The number of carbonyl (C=O) groups excluding carboxylic acids is 2. The normalized spacial score (nSPS) is 20.9. The zero-order valence-corrected chi connectivity index (χ0v) is 11.8. The summed E-state index contributed by atoms with van der Waals surface area (Å²) in [6.07, 6.45) is -7.77. The standard InChI is InChI=1S/C13H11ClF3NO4/c14-11(20)9(19)10-12(21)18(5-6-22-10)8-3-1-7(2-4-8)13(15,16)17/h1-4,9-10,19H,5-6H2/t9-,10-/m1/s1. The summed E-state index contributed by atoms with van der Waals surface area (Å²) in [6, 6.07) is 3.96. The molecule has 5 nitrogen and oxygen atoms in total. The van der Waals surface area contributed by atoms with Crippen molar-refractivity contribution >= 4 is 28.4 Å². The second-order valence-electron chi connectivity index (χ2n) is 4.57. The van der Waals surface area contributed by atoms with Gasteiger partial charge in [-0.3, -0.25) is 9.59 Å². The van der Waals surface area contributed by atoms with E-state index in [9.17, 15) is 27.9 Å². The van der Waals surface area contributed by atoms with E-state index in [-0.39, 0.29) is 18.8 Å². The molecule has 1 fully saturated rings. The van der Waals surface area contributed by atoms with E-state index >= 15 is 0 Å². The lowest BCUT2D eigenvalue weighted by atomic mass is 10.1. The van der Waals surface area contributed by atoms with Gasteiger partial charge in [0.15, 0.2) is 12.2 Å². The number of aliphatic hydroxyl groups excluding tert-OH is 1. The fraction of sp³-hybridized carbons (Fsp3) is 0.385. The number of halogens is 4. The number of amides is 1. The lowest BCUT2D eigenvalue weighted by Crippen LogP contribution is -2.54. The minimum absolute atomic E-state index is 0.0126. The molecule has 0 saturated carbocycles. The molecule has 22 heavy (non-hydrogen) atoms. The SMILES string of the molecule is O=C(Cl)[C@H](O)[C@H]1OCCN(c2ccc(C(F)(F)F)cc2)C1=O. The Bertz CT molecular complexity index is 576. The van der Waals surface area contributed by atoms with Crippen molar-refractivity contribution in [3.63, 3.8) is 0 Å². The van der Waals surface area contributed by atoms with Gasteiger partial charge in [-0.25, -0.2) is 0 Å². The predicted octanol–water partition coefficient (Wildman–Crippen LogP) is 1.56. The Morgan fingerprint density at radius 3 is 2.45 bits per heavy atom. The molecule has 1 amide bonds. The highest BCUT2D eigenvalue weighted by Gasteiger charge is 2.39. The van der Waals surface area contributed by atoms with Crippen LogP contribution >= 0.6 is 11.6 Å². The highest BCUT2D eigenvalue weighted by atomic mass is 35.5. The first-order valence-electron chi connectivity index (χ1n) is 6.19. The minimum Gasteiger partial charge on any atom is -0.381 e. The zero-order valence-electron chi connectivity index (χ0n) is 11.0. The first kappa shape index (κ1) is 16.7. The number of hydrogen-bond donors (Lipinski definition) is 1. The molecule has 1 aromatic carbocycles. The van der Waals surface area contributed by atoms with Gasteiger partial charge in [-0.2, -0.15) is 13.2 Å². The summed E-state index contributed by atoms with van der Waals surface area (Å²) in [6.45, 7) is 0.0998. The first-order valence-corrected chi connectivity index (χ1v) is 6.57. The van der Waals surface area contributed by atoms with Crippen LogP contribution in [0.3, 0.4) is 0 Å². The molecular formula is C13H11ClF3NO4. The number of nitrogens with zero attached hydrogens (tertiary/aromatic N) is 1. The molecule has 9 heteroatoms. The number of aliphatic hydroxyl groups is 1. The molecule has 0 aromatic heterocycles. The van der Waals surface area contributed by atoms with Crippen LogP contribution in [0.4, 0.5) is 18.9 Å². The molecule has 0 aliphatic carbocycles. The Kier molecular flexibility index (Phi) is 4.74. The highest BCUT2D eigenvalue weighted by Crippen LogP contribution is 2.31. The number of anilines is 1. The van der Waals surface area contributed by atoms with Crippen LogP contribution in [0.5, 0.6) is 0 Å². The van der Waals surface area contributed by atoms with E-state index in [4.69, 9.17) is 16.3 Å². The summed E-state index contributed by atoms with van der Waals surface area (Å²) < 4.78 is 42.5. The van der Waals surface area contributed by atoms with E-state index in [2.05, 4.69) is 0 Å². The Morgan fingerprint density at radius 2 is 1.95 bits per heavy atom. The van der Waals surface area contributed by atoms with Gasteiger partial charge in [-0.15, -0.1) is 0 Å².